The van der Waals surface area contributed by atoms with Gasteiger partial charge in [-0.1, -0.05) is 34.1 Å². The van der Waals surface area contributed by atoms with Crippen molar-refractivity contribution in [2.75, 3.05) is 0 Å². The van der Waals surface area contributed by atoms with Gasteiger partial charge in [-0.3, -0.25) is 0 Å². The maximum atomic E-state index is 11.4. The number of aliphatic hydroxyl groups is 3. The van der Waals surface area contributed by atoms with E-state index in [0.717, 1.165) is 32.1 Å². The van der Waals surface area contributed by atoms with Gasteiger partial charge >= 0.3 is 0 Å². The predicted octanol–water partition coefficient (Wildman–Crippen LogP) is 3.99. The van der Waals surface area contributed by atoms with Crippen molar-refractivity contribution in [2.24, 2.45) is 46.3 Å². The van der Waals surface area contributed by atoms with Gasteiger partial charge in [-0.05, 0) is 91.3 Å². The fraction of sp³-hybridized carbons (Fsp3) is 1.00. The smallest absolute Gasteiger partial charge is 0.0602 e. The Kier molecular flexibility index (Phi) is 4.77. The lowest BCUT2D eigenvalue weighted by Gasteiger charge is -2.63. The van der Waals surface area contributed by atoms with Gasteiger partial charge in [-0.25, -0.2) is 0 Å². The molecular weight excluding hydrogens is 324 g/mol. The van der Waals surface area contributed by atoms with E-state index in [1.54, 1.807) is 0 Å². The Morgan fingerprint density at radius 1 is 0.962 bits per heavy atom. The first-order chi connectivity index (χ1) is 12.2. The standard InChI is InChI=1S/C23H40O3/c1-5-13(2)16-6-7-17-21-18(12-20(26)23(16,17)4)22(3)9-8-15(24)10-14(22)11-19(21)25/h13-21,24-26H,5-12H2,1-4H3. The third-order valence-electron chi connectivity index (χ3n) is 10.2. The van der Waals surface area contributed by atoms with Crippen LogP contribution in [-0.2, 0) is 0 Å². The summed E-state index contributed by atoms with van der Waals surface area (Å²) in [5, 5.41) is 32.8. The minimum Gasteiger partial charge on any atom is -0.393 e. The molecule has 0 aromatic rings. The van der Waals surface area contributed by atoms with E-state index in [1.807, 2.05) is 0 Å². The number of aliphatic hydroxyl groups excluding tert-OH is 3. The monoisotopic (exact) mass is 364 g/mol. The molecule has 0 aromatic carbocycles. The third-order valence-corrected chi connectivity index (χ3v) is 10.2. The van der Waals surface area contributed by atoms with E-state index in [-0.39, 0.29) is 29.1 Å². The Balaban J connectivity index is 1.68. The maximum absolute atomic E-state index is 11.4. The number of fused-ring (bicyclic) bond motifs is 5. The highest BCUT2D eigenvalue weighted by atomic mass is 16.3. The lowest BCUT2D eigenvalue weighted by Crippen LogP contribution is -2.62. The third kappa shape index (κ3) is 2.49. The van der Waals surface area contributed by atoms with E-state index < -0.39 is 0 Å². The van der Waals surface area contributed by atoms with Gasteiger partial charge < -0.3 is 15.3 Å². The summed E-state index contributed by atoms with van der Waals surface area (Å²) in [4.78, 5) is 0. The minimum atomic E-state index is -0.254. The van der Waals surface area contributed by atoms with Gasteiger partial charge in [0.1, 0.15) is 0 Å². The van der Waals surface area contributed by atoms with Crippen LogP contribution in [0.2, 0.25) is 0 Å². The summed E-state index contributed by atoms with van der Waals surface area (Å²) in [6.45, 7) is 9.37. The fourth-order valence-electron chi connectivity index (χ4n) is 8.42. The largest absolute Gasteiger partial charge is 0.393 e. The molecule has 150 valence electrons. The van der Waals surface area contributed by atoms with Gasteiger partial charge in [0, 0.05) is 0 Å². The zero-order valence-electron chi connectivity index (χ0n) is 17.2. The molecule has 3 N–H and O–H groups in total. The van der Waals surface area contributed by atoms with Gasteiger partial charge in [0.05, 0.1) is 18.3 Å². The molecule has 0 radical (unpaired) electrons. The van der Waals surface area contributed by atoms with Crippen LogP contribution in [0.3, 0.4) is 0 Å². The Bertz CT molecular complexity index is 536. The second-order valence-corrected chi connectivity index (χ2v) is 10.9. The van der Waals surface area contributed by atoms with Gasteiger partial charge in [-0.2, -0.15) is 0 Å². The quantitative estimate of drug-likeness (QED) is 0.694. The molecule has 0 aliphatic heterocycles. The fourth-order valence-corrected chi connectivity index (χ4v) is 8.42. The highest BCUT2D eigenvalue weighted by Gasteiger charge is 2.65. The SMILES string of the molecule is CCC(C)C1CCC2C3C(O)CC4CC(O)CCC4(C)C3CC(O)C12C. The van der Waals surface area contributed by atoms with E-state index in [9.17, 15) is 15.3 Å². The average molecular weight is 365 g/mol. The van der Waals surface area contributed by atoms with Gasteiger partial charge in [0.2, 0.25) is 0 Å². The molecule has 11 unspecified atom stereocenters. The van der Waals surface area contributed by atoms with Crippen LogP contribution in [0.1, 0.15) is 79.1 Å². The molecule has 4 saturated carbocycles. The van der Waals surface area contributed by atoms with Crippen molar-refractivity contribution in [1.82, 2.24) is 0 Å². The van der Waals surface area contributed by atoms with Crippen molar-refractivity contribution >= 4 is 0 Å². The van der Waals surface area contributed by atoms with Crippen LogP contribution in [0.4, 0.5) is 0 Å². The number of hydrogen-bond donors (Lipinski definition) is 3. The molecule has 3 nitrogen and oxygen atoms in total. The summed E-state index contributed by atoms with van der Waals surface area (Å²) in [7, 11) is 0. The lowest BCUT2D eigenvalue weighted by atomic mass is 9.43. The normalized spacial score (nSPS) is 57.8. The zero-order valence-corrected chi connectivity index (χ0v) is 17.2. The highest BCUT2D eigenvalue weighted by Crippen LogP contribution is 2.68. The second kappa shape index (κ2) is 6.46. The molecule has 4 aliphatic rings. The van der Waals surface area contributed by atoms with E-state index in [2.05, 4.69) is 27.7 Å². The van der Waals surface area contributed by atoms with Gasteiger partial charge in [0.25, 0.3) is 0 Å². The van der Waals surface area contributed by atoms with Crippen LogP contribution >= 0.6 is 0 Å². The van der Waals surface area contributed by atoms with Crippen LogP contribution in [0.25, 0.3) is 0 Å². The summed E-state index contributed by atoms with van der Waals surface area (Å²) in [5.74, 6) is 2.84. The molecule has 0 heterocycles. The zero-order chi connectivity index (χ0) is 18.9. The Morgan fingerprint density at radius 2 is 1.69 bits per heavy atom. The topological polar surface area (TPSA) is 60.7 Å². The summed E-state index contributed by atoms with van der Waals surface area (Å²) < 4.78 is 0. The number of hydrogen-bond acceptors (Lipinski definition) is 3. The van der Waals surface area contributed by atoms with Gasteiger partial charge in [0.15, 0.2) is 0 Å². The molecule has 11 atom stereocenters. The molecule has 4 aliphatic carbocycles. The van der Waals surface area contributed by atoms with Crippen molar-refractivity contribution in [1.29, 1.82) is 0 Å². The Labute approximate surface area is 159 Å². The summed E-state index contributed by atoms with van der Waals surface area (Å²) in [5.41, 5.74) is 0.148. The minimum absolute atomic E-state index is 0.0328. The maximum Gasteiger partial charge on any atom is 0.0602 e. The predicted molar refractivity (Wildman–Crippen MR) is 103 cm³/mol. The summed E-state index contributed by atoms with van der Waals surface area (Å²) in [6.07, 6.45) is 7.34. The van der Waals surface area contributed by atoms with E-state index in [1.165, 1.54) is 19.3 Å². The average Bonchev–Trinajstić information content (AvgIpc) is 2.95. The molecular formula is C23H40O3. The van der Waals surface area contributed by atoms with Crippen molar-refractivity contribution in [3.8, 4) is 0 Å². The Morgan fingerprint density at radius 3 is 2.38 bits per heavy atom. The molecule has 26 heavy (non-hydrogen) atoms. The number of rotatable bonds is 2. The first kappa shape index (κ1) is 19.2. The van der Waals surface area contributed by atoms with Crippen LogP contribution < -0.4 is 0 Å². The first-order valence-corrected chi connectivity index (χ1v) is 11.3. The molecule has 0 amide bonds. The molecule has 0 saturated heterocycles. The van der Waals surface area contributed by atoms with Crippen molar-refractivity contribution < 1.29 is 15.3 Å². The van der Waals surface area contributed by atoms with Crippen LogP contribution in [0.15, 0.2) is 0 Å². The van der Waals surface area contributed by atoms with E-state index in [4.69, 9.17) is 0 Å². The molecule has 4 rings (SSSR count). The van der Waals surface area contributed by atoms with Crippen LogP contribution in [0.5, 0.6) is 0 Å². The van der Waals surface area contributed by atoms with E-state index >= 15 is 0 Å². The Hall–Kier alpha value is -0.120. The van der Waals surface area contributed by atoms with Crippen molar-refractivity contribution in [3.63, 3.8) is 0 Å². The van der Waals surface area contributed by atoms with Crippen LogP contribution in [0, 0.1) is 46.3 Å². The van der Waals surface area contributed by atoms with E-state index in [0.29, 0.717) is 35.5 Å². The molecule has 3 heteroatoms. The molecule has 0 bridgehead atoms. The first-order valence-electron chi connectivity index (χ1n) is 11.3. The highest BCUT2D eigenvalue weighted by molar-refractivity contribution is 5.14. The molecule has 0 aromatic heterocycles. The summed E-state index contributed by atoms with van der Waals surface area (Å²) in [6, 6.07) is 0. The molecule has 0 spiro atoms. The van der Waals surface area contributed by atoms with Crippen molar-refractivity contribution in [2.45, 2.75) is 97.4 Å². The van der Waals surface area contributed by atoms with Crippen LogP contribution in [-0.4, -0.2) is 33.6 Å². The second-order valence-electron chi connectivity index (χ2n) is 10.9. The molecule has 4 fully saturated rings. The summed E-state index contributed by atoms with van der Waals surface area (Å²) >= 11 is 0. The van der Waals surface area contributed by atoms with Crippen molar-refractivity contribution in [3.05, 3.63) is 0 Å². The lowest BCUT2D eigenvalue weighted by molar-refractivity contribution is -0.206. The van der Waals surface area contributed by atoms with Gasteiger partial charge in [-0.15, -0.1) is 0 Å².